The first-order valence-corrected chi connectivity index (χ1v) is 7.91. The van der Waals surface area contributed by atoms with Crippen LogP contribution in [0, 0.1) is 17.3 Å². The predicted octanol–water partition coefficient (Wildman–Crippen LogP) is 1.26. The van der Waals surface area contributed by atoms with Crippen molar-refractivity contribution in [2.24, 2.45) is 17.3 Å². The molecular weight excluding hydrogens is 259 g/mol. The molecule has 114 valence electrons. The molecule has 4 nitrogen and oxygen atoms in total. The predicted molar refractivity (Wildman–Crippen MR) is 74.1 cm³/mol. The molecule has 2 atom stereocenters. The van der Waals surface area contributed by atoms with Gasteiger partial charge in [-0.15, -0.1) is 0 Å². The maximum Gasteiger partial charge on any atom is 0.230 e. The highest BCUT2D eigenvalue weighted by Crippen LogP contribution is 2.38. The van der Waals surface area contributed by atoms with Gasteiger partial charge in [-0.25, -0.2) is 4.39 Å². The summed E-state index contributed by atoms with van der Waals surface area (Å²) in [6.45, 7) is 3.64. The molecule has 20 heavy (non-hydrogen) atoms. The van der Waals surface area contributed by atoms with Crippen LogP contribution in [0.2, 0.25) is 0 Å². The van der Waals surface area contributed by atoms with Gasteiger partial charge in [0.15, 0.2) is 0 Å². The van der Waals surface area contributed by atoms with Gasteiger partial charge in [-0.05, 0) is 50.5 Å². The Morgan fingerprint density at radius 2 is 2.10 bits per heavy atom. The highest BCUT2D eigenvalue weighted by Gasteiger charge is 2.50. The maximum absolute atomic E-state index is 13.1. The Morgan fingerprint density at radius 1 is 1.30 bits per heavy atom. The van der Waals surface area contributed by atoms with E-state index in [1.807, 2.05) is 0 Å². The number of fused-ring (bicyclic) bond motifs is 1. The number of carbonyl (C=O) groups is 1. The van der Waals surface area contributed by atoms with Crippen molar-refractivity contribution in [3.63, 3.8) is 0 Å². The molecule has 0 aromatic rings. The van der Waals surface area contributed by atoms with E-state index in [2.05, 4.69) is 10.6 Å². The van der Waals surface area contributed by atoms with Crippen molar-refractivity contribution >= 4 is 5.91 Å². The van der Waals surface area contributed by atoms with Gasteiger partial charge in [-0.3, -0.25) is 4.79 Å². The molecule has 2 saturated heterocycles. The topological polar surface area (TPSA) is 50.4 Å². The van der Waals surface area contributed by atoms with Crippen molar-refractivity contribution in [1.29, 1.82) is 0 Å². The van der Waals surface area contributed by atoms with Crippen LogP contribution in [-0.4, -0.2) is 44.9 Å². The molecule has 5 heteroatoms. The number of amides is 1. The molecule has 0 unspecified atom stereocenters. The summed E-state index contributed by atoms with van der Waals surface area (Å²) in [5.41, 5.74) is -0.366. The van der Waals surface area contributed by atoms with Crippen LogP contribution in [0.15, 0.2) is 0 Å². The minimum absolute atomic E-state index is 0.134. The monoisotopic (exact) mass is 284 g/mol. The molecular formula is C15H25FN2O2. The first-order chi connectivity index (χ1) is 9.71. The number of carbonyl (C=O) groups excluding carboxylic acids is 1. The normalized spacial score (nSPS) is 41.1. The molecule has 1 amide bonds. The van der Waals surface area contributed by atoms with Crippen LogP contribution >= 0.6 is 0 Å². The van der Waals surface area contributed by atoms with Crippen LogP contribution in [0.1, 0.15) is 32.1 Å². The fraction of sp³-hybridized carbons (Fsp3) is 0.933. The summed E-state index contributed by atoms with van der Waals surface area (Å²) >= 11 is 0. The first kappa shape index (κ1) is 14.3. The number of ether oxygens (including phenoxy) is 1. The van der Waals surface area contributed by atoms with Gasteiger partial charge in [-0.1, -0.05) is 0 Å². The highest BCUT2D eigenvalue weighted by molar-refractivity contribution is 5.84. The first-order valence-electron chi connectivity index (χ1n) is 7.91. The number of halogens is 1. The van der Waals surface area contributed by atoms with Crippen LogP contribution in [0.3, 0.4) is 0 Å². The third-order valence-corrected chi connectivity index (χ3v) is 5.36. The quantitative estimate of drug-likeness (QED) is 0.820. The number of alkyl halides is 1. The molecule has 2 heterocycles. The van der Waals surface area contributed by atoms with Gasteiger partial charge >= 0.3 is 0 Å². The molecule has 0 spiro atoms. The molecule has 3 rings (SSSR count). The molecule has 3 fully saturated rings. The van der Waals surface area contributed by atoms with Crippen molar-refractivity contribution in [3.8, 4) is 0 Å². The Kier molecular flexibility index (Phi) is 4.26. The number of rotatable bonds is 3. The van der Waals surface area contributed by atoms with Crippen LogP contribution in [0.5, 0.6) is 0 Å². The van der Waals surface area contributed by atoms with Gasteiger partial charge in [0.05, 0.1) is 12.0 Å². The van der Waals surface area contributed by atoms with Gasteiger partial charge in [0.1, 0.15) is 6.17 Å². The second-order valence-corrected chi connectivity index (χ2v) is 6.65. The third kappa shape index (κ3) is 2.70. The lowest BCUT2D eigenvalue weighted by molar-refractivity contribution is -0.141. The average molecular weight is 284 g/mol. The molecule has 0 aromatic carbocycles. The van der Waals surface area contributed by atoms with E-state index in [4.69, 9.17) is 4.74 Å². The summed E-state index contributed by atoms with van der Waals surface area (Å²) in [7, 11) is 0. The second-order valence-electron chi connectivity index (χ2n) is 6.65. The zero-order chi connectivity index (χ0) is 14.0. The van der Waals surface area contributed by atoms with E-state index in [0.717, 1.165) is 39.0 Å². The molecule has 0 bridgehead atoms. The van der Waals surface area contributed by atoms with Gasteiger partial charge in [0, 0.05) is 19.7 Å². The van der Waals surface area contributed by atoms with E-state index in [1.165, 1.54) is 0 Å². The second kappa shape index (κ2) is 5.98. The van der Waals surface area contributed by atoms with E-state index in [0.29, 0.717) is 37.8 Å². The van der Waals surface area contributed by atoms with Crippen LogP contribution in [-0.2, 0) is 9.53 Å². The third-order valence-electron chi connectivity index (χ3n) is 5.36. The smallest absolute Gasteiger partial charge is 0.230 e. The van der Waals surface area contributed by atoms with E-state index in [-0.39, 0.29) is 11.3 Å². The zero-order valence-electron chi connectivity index (χ0n) is 12.0. The molecule has 0 radical (unpaired) electrons. The van der Waals surface area contributed by atoms with Crippen LogP contribution in [0.4, 0.5) is 4.39 Å². The minimum Gasteiger partial charge on any atom is -0.380 e. The molecule has 2 N–H and O–H groups in total. The molecule has 2 aliphatic heterocycles. The fourth-order valence-electron chi connectivity index (χ4n) is 3.91. The highest BCUT2D eigenvalue weighted by atomic mass is 19.1. The molecule has 3 aliphatic rings. The summed E-state index contributed by atoms with van der Waals surface area (Å²) < 4.78 is 18.7. The molecule has 1 saturated carbocycles. The maximum atomic E-state index is 13.1. The van der Waals surface area contributed by atoms with Crippen LogP contribution in [0.25, 0.3) is 0 Å². The standard InChI is InChI=1S/C15H25FN2O2/c16-13-3-1-11(2-4-13)7-18-14(19)15-9-17-8-12(15)5-6-20-10-15/h11-13,17H,1-10H2,(H,18,19)/t11?,12-,13?,15+/m1/s1. The largest absolute Gasteiger partial charge is 0.380 e. The van der Waals surface area contributed by atoms with Crippen molar-refractivity contribution in [3.05, 3.63) is 0 Å². The molecule has 1 aliphatic carbocycles. The lowest BCUT2D eigenvalue weighted by Crippen LogP contribution is -2.52. The van der Waals surface area contributed by atoms with E-state index < -0.39 is 6.17 Å². The van der Waals surface area contributed by atoms with Gasteiger partial charge in [-0.2, -0.15) is 0 Å². The fourth-order valence-corrected chi connectivity index (χ4v) is 3.91. The number of hydrogen-bond donors (Lipinski definition) is 2. The SMILES string of the molecule is O=C(NCC1CCC(F)CC1)[C@]12CNC[C@H]1CCOC2. The zero-order valence-corrected chi connectivity index (χ0v) is 12.0. The van der Waals surface area contributed by atoms with Crippen molar-refractivity contribution in [2.45, 2.75) is 38.3 Å². The lowest BCUT2D eigenvalue weighted by Gasteiger charge is -2.37. The minimum atomic E-state index is -0.629. The lowest BCUT2D eigenvalue weighted by atomic mass is 9.74. The van der Waals surface area contributed by atoms with E-state index in [9.17, 15) is 9.18 Å². The van der Waals surface area contributed by atoms with Gasteiger partial charge in [0.25, 0.3) is 0 Å². The average Bonchev–Trinajstić information content (AvgIpc) is 2.91. The Labute approximate surface area is 119 Å². The van der Waals surface area contributed by atoms with Crippen molar-refractivity contribution in [2.75, 3.05) is 32.8 Å². The number of nitrogens with one attached hydrogen (secondary N) is 2. The Balaban J connectivity index is 1.53. The van der Waals surface area contributed by atoms with Crippen molar-refractivity contribution in [1.82, 2.24) is 10.6 Å². The van der Waals surface area contributed by atoms with E-state index >= 15 is 0 Å². The van der Waals surface area contributed by atoms with Gasteiger partial charge in [0.2, 0.25) is 5.91 Å². The number of hydrogen-bond acceptors (Lipinski definition) is 3. The van der Waals surface area contributed by atoms with Crippen LogP contribution < -0.4 is 10.6 Å². The van der Waals surface area contributed by atoms with E-state index in [1.54, 1.807) is 0 Å². The summed E-state index contributed by atoms with van der Waals surface area (Å²) in [5, 5.41) is 6.46. The Hall–Kier alpha value is -0.680. The summed E-state index contributed by atoms with van der Waals surface area (Å²) in [6.07, 6.45) is 3.43. The van der Waals surface area contributed by atoms with Gasteiger partial charge < -0.3 is 15.4 Å². The summed E-state index contributed by atoms with van der Waals surface area (Å²) in [4.78, 5) is 12.6. The molecule has 0 aromatic heterocycles. The summed E-state index contributed by atoms with van der Waals surface area (Å²) in [5.74, 6) is 0.979. The summed E-state index contributed by atoms with van der Waals surface area (Å²) in [6, 6.07) is 0. The Bertz CT molecular complexity index is 358. The Morgan fingerprint density at radius 3 is 2.90 bits per heavy atom. The van der Waals surface area contributed by atoms with Crippen molar-refractivity contribution < 1.29 is 13.9 Å².